The Labute approximate surface area is 204 Å². The molecule has 7 nitrogen and oxygen atoms in total. The van der Waals surface area contributed by atoms with Gasteiger partial charge in [-0.3, -0.25) is 4.98 Å². The average Bonchev–Trinajstić information content (AvgIpc) is 3.25. The second kappa shape index (κ2) is 8.06. The third-order valence-corrected chi connectivity index (χ3v) is 8.03. The van der Waals surface area contributed by atoms with Crippen LogP contribution in [0.3, 0.4) is 0 Å². The van der Waals surface area contributed by atoms with Crippen LogP contribution in [0.2, 0.25) is 0 Å². The molecule has 1 unspecified atom stereocenters. The van der Waals surface area contributed by atoms with E-state index in [1.54, 1.807) is 24.5 Å². The zero-order valence-electron chi connectivity index (χ0n) is 19.5. The van der Waals surface area contributed by atoms with Crippen molar-refractivity contribution in [1.82, 2.24) is 9.88 Å². The Morgan fingerprint density at radius 2 is 1.89 bits per heavy atom. The molecule has 35 heavy (non-hydrogen) atoms. The molecule has 0 bridgehead atoms. The van der Waals surface area contributed by atoms with Crippen LogP contribution in [0.25, 0.3) is 0 Å². The van der Waals surface area contributed by atoms with Crippen molar-refractivity contribution < 1.29 is 19.7 Å². The SMILES string of the molecule is COc1cncc2c1[C@]1(O)[C@H](O)[C@H](CN3CCC3)C(c3ccccc3)[C@]1(c1ccc(C#N)cc1)O2. The Morgan fingerprint density at radius 1 is 1.14 bits per heavy atom. The summed E-state index contributed by atoms with van der Waals surface area (Å²) in [6.07, 6.45) is 3.10. The van der Waals surface area contributed by atoms with Gasteiger partial charge in [0, 0.05) is 18.4 Å². The molecule has 2 N–H and O–H groups in total. The smallest absolute Gasteiger partial charge is 0.177 e. The normalized spacial score (nSPS) is 31.1. The molecule has 2 aliphatic heterocycles. The molecule has 178 valence electrons. The molecule has 2 aromatic carbocycles. The van der Waals surface area contributed by atoms with Crippen LogP contribution in [-0.2, 0) is 11.2 Å². The van der Waals surface area contributed by atoms with Gasteiger partial charge in [-0.25, -0.2) is 0 Å². The molecule has 6 rings (SSSR count). The van der Waals surface area contributed by atoms with Gasteiger partial charge in [-0.15, -0.1) is 0 Å². The van der Waals surface area contributed by atoms with Crippen molar-refractivity contribution in [2.24, 2.45) is 5.92 Å². The Kier molecular flexibility index (Phi) is 5.08. The van der Waals surface area contributed by atoms with Crippen LogP contribution >= 0.6 is 0 Å². The average molecular weight is 470 g/mol. The highest BCUT2D eigenvalue weighted by Crippen LogP contribution is 2.69. The fourth-order valence-corrected chi connectivity index (χ4v) is 6.39. The summed E-state index contributed by atoms with van der Waals surface area (Å²) >= 11 is 0. The van der Waals surface area contributed by atoms with Gasteiger partial charge < -0.3 is 24.6 Å². The van der Waals surface area contributed by atoms with Crippen LogP contribution in [0.5, 0.6) is 11.5 Å². The van der Waals surface area contributed by atoms with Gasteiger partial charge in [-0.2, -0.15) is 5.26 Å². The van der Waals surface area contributed by atoms with Gasteiger partial charge in [0.2, 0.25) is 0 Å². The van der Waals surface area contributed by atoms with E-state index in [0.717, 1.165) is 25.1 Å². The number of benzene rings is 2. The monoisotopic (exact) mass is 469 g/mol. The number of hydrogen-bond acceptors (Lipinski definition) is 7. The molecule has 1 saturated heterocycles. The highest BCUT2D eigenvalue weighted by Gasteiger charge is 2.76. The lowest BCUT2D eigenvalue weighted by molar-refractivity contribution is -0.152. The first kappa shape index (κ1) is 22.1. The van der Waals surface area contributed by atoms with Crippen LogP contribution in [-0.4, -0.2) is 52.9 Å². The van der Waals surface area contributed by atoms with Crippen LogP contribution < -0.4 is 9.47 Å². The largest absolute Gasteiger partial charge is 0.495 e. The maximum Gasteiger partial charge on any atom is 0.177 e. The quantitative estimate of drug-likeness (QED) is 0.593. The number of aliphatic hydroxyl groups excluding tert-OH is 1. The van der Waals surface area contributed by atoms with Crippen LogP contribution in [0.15, 0.2) is 67.0 Å². The summed E-state index contributed by atoms with van der Waals surface area (Å²) in [6, 6.07) is 19.2. The minimum atomic E-state index is -1.80. The summed E-state index contributed by atoms with van der Waals surface area (Å²) in [7, 11) is 1.52. The predicted octanol–water partition coefficient (Wildman–Crippen LogP) is 2.92. The Bertz CT molecular complexity index is 1290. The minimum absolute atomic E-state index is 0.315. The number of ether oxygens (including phenoxy) is 2. The van der Waals surface area contributed by atoms with Crippen molar-refractivity contribution in [1.29, 1.82) is 5.26 Å². The summed E-state index contributed by atoms with van der Waals surface area (Å²) in [6.45, 7) is 2.57. The highest BCUT2D eigenvalue weighted by molar-refractivity contribution is 5.59. The van der Waals surface area contributed by atoms with E-state index in [0.29, 0.717) is 34.7 Å². The number of nitrogens with zero attached hydrogens (tertiary/aromatic N) is 3. The molecule has 3 aliphatic rings. The molecule has 2 fully saturated rings. The molecule has 7 heteroatoms. The van der Waals surface area contributed by atoms with Crippen molar-refractivity contribution in [3.05, 3.63) is 89.2 Å². The van der Waals surface area contributed by atoms with Crippen LogP contribution in [0, 0.1) is 17.2 Å². The zero-order chi connectivity index (χ0) is 24.2. The molecule has 1 saturated carbocycles. The molecule has 5 atom stereocenters. The van der Waals surface area contributed by atoms with Gasteiger partial charge in [-0.1, -0.05) is 42.5 Å². The maximum absolute atomic E-state index is 12.7. The molecule has 0 radical (unpaired) electrons. The first-order chi connectivity index (χ1) is 17.0. The lowest BCUT2D eigenvalue weighted by Crippen LogP contribution is -2.52. The van der Waals surface area contributed by atoms with Crippen molar-refractivity contribution in [3.63, 3.8) is 0 Å². The molecular weight excluding hydrogens is 442 g/mol. The van der Waals surface area contributed by atoms with E-state index in [4.69, 9.17) is 9.47 Å². The number of nitriles is 1. The Hall–Kier alpha value is -3.44. The van der Waals surface area contributed by atoms with E-state index >= 15 is 0 Å². The van der Waals surface area contributed by atoms with Gasteiger partial charge in [-0.05, 0) is 42.8 Å². The van der Waals surface area contributed by atoms with Gasteiger partial charge in [0.1, 0.15) is 11.5 Å². The van der Waals surface area contributed by atoms with E-state index in [9.17, 15) is 15.5 Å². The van der Waals surface area contributed by atoms with E-state index < -0.39 is 17.3 Å². The van der Waals surface area contributed by atoms with Crippen molar-refractivity contribution in [2.45, 2.75) is 29.6 Å². The number of hydrogen-bond donors (Lipinski definition) is 2. The van der Waals surface area contributed by atoms with Crippen molar-refractivity contribution >= 4 is 0 Å². The number of aromatic nitrogens is 1. The van der Waals surface area contributed by atoms with Crippen LogP contribution in [0.1, 0.15) is 34.6 Å². The van der Waals surface area contributed by atoms with E-state index in [2.05, 4.69) is 16.0 Å². The predicted molar refractivity (Wildman–Crippen MR) is 128 cm³/mol. The number of pyridine rings is 1. The van der Waals surface area contributed by atoms with Gasteiger partial charge >= 0.3 is 0 Å². The Balaban J connectivity index is 1.64. The second-order valence-electron chi connectivity index (χ2n) is 9.66. The summed E-state index contributed by atoms with van der Waals surface area (Å²) in [5, 5.41) is 34.1. The number of rotatable bonds is 5. The summed E-state index contributed by atoms with van der Waals surface area (Å²) in [5.74, 6) is 0.0632. The fourth-order valence-electron chi connectivity index (χ4n) is 6.39. The van der Waals surface area contributed by atoms with Crippen molar-refractivity contribution in [2.75, 3.05) is 26.7 Å². The third kappa shape index (κ3) is 2.91. The first-order valence-corrected chi connectivity index (χ1v) is 11.9. The molecule has 0 amide bonds. The first-order valence-electron chi connectivity index (χ1n) is 11.9. The van der Waals surface area contributed by atoms with Gasteiger partial charge in [0.15, 0.2) is 11.2 Å². The molecular formula is C28H27N3O4. The molecule has 1 aromatic heterocycles. The number of methoxy groups -OCH3 is 1. The highest BCUT2D eigenvalue weighted by atomic mass is 16.5. The fraction of sp³-hybridized carbons (Fsp3) is 0.357. The second-order valence-corrected chi connectivity index (χ2v) is 9.66. The summed E-state index contributed by atoms with van der Waals surface area (Å²) in [5.41, 5.74) is -0.570. The van der Waals surface area contributed by atoms with Crippen LogP contribution in [0.4, 0.5) is 0 Å². The zero-order valence-corrected chi connectivity index (χ0v) is 19.5. The number of fused-ring (bicyclic) bond motifs is 3. The van der Waals surface area contributed by atoms with E-state index in [1.165, 1.54) is 7.11 Å². The van der Waals surface area contributed by atoms with E-state index in [-0.39, 0.29) is 11.8 Å². The number of likely N-dealkylation sites (tertiary alicyclic amines) is 1. The minimum Gasteiger partial charge on any atom is -0.495 e. The Morgan fingerprint density at radius 3 is 2.51 bits per heavy atom. The van der Waals surface area contributed by atoms with E-state index in [1.807, 2.05) is 42.5 Å². The summed E-state index contributed by atoms with van der Waals surface area (Å²) in [4.78, 5) is 6.57. The molecule has 3 heterocycles. The maximum atomic E-state index is 12.7. The molecule has 0 spiro atoms. The molecule has 1 aliphatic carbocycles. The van der Waals surface area contributed by atoms with Crippen molar-refractivity contribution in [3.8, 4) is 17.6 Å². The molecule has 3 aromatic rings. The standard InChI is InChI=1S/C28H27N3O4/c1-34-22-15-30-16-23-25(22)27(33)26(32)21(17-31-12-5-13-31)24(19-6-3-2-4-7-19)28(27,35-23)20-10-8-18(14-29)9-11-20/h2-4,6-11,15-16,21,24,26,32-33H,5,12-13,17H2,1H3/t21-,24?,26-,27+,28+/m1/s1. The van der Waals surface area contributed by atoms with Gasteiger partial charge in [0.25, 0.3) is 0 Å². The summed E-state index contributed by atoms with van der Waals surface area (Å²) < 4.78 is 12.4. The van der Waals surface area contributed by atoms with Gasteiger partial charge in [0.05, 0.1) is 42.8 Å². The topological polar surface area (TPSA) is 98.8 Å². The number of aliphatic hydroxyl groups is 2. The lowest BCUT2D eigenvalue weighted by Gasteiger charge is -2.41. The third-order valence-electron chi connectivity index (χ3n) is 8.03. The lowest BCUT2D eigenvalue weighted by atomic mass is 9.70.